The molecule has 3 fully saturated rings. The average molecular weight is 481 g/mol. The molecular weight excluding hydrogens is 440 g/mol. The summed E-state index contributed by atoms with van der Waals surface area (Å²) in [6.07, 6.45) is 11.7. The van der Waals surface area contributed by atoms with Crippen LogP contribution in [-0.4, -0.2) is 53.8 Å². The molecule has 1 aromatic carbocycles. The normalized spacial score (nSPS) is 26.6. The van der Waals surface area contributed by atoms with E-state index in [9.17, 15) is 14.4 Å². The first-order valence-corrected chi connectivity index (χ1v) is 13.8. The van der Waals surface area contributed by atoms with Gasteiger partial charge in [-0.3, -0.25) is 19.7 Å². The second-order valence-electron chi connectivity index (χ2n) is 11.0. The predicted octanol–water partition coefficient (Wildman–Crippen LogP) is 3.76. The monoisotopic (exact) mass is 480 g/mol. The third-order valence-electron chi connectivity index (χ3n) is 8.40. The van der Waals surface area contributed by atoms with Crippen LogP contribution in [0, 0.1) is 5.92 Å². The number of benzene rings is 1. The molecule has 0 aromatic heterocycles. The van der Waals surface area contributed by atoms with E-state index in [1.807, 2.05) is 12.1 Å². The zero-order valence-electron chi connectivity index (χ0n) is 21.1. The molecule has 7 heteroatoms. The molecule has 4 aliphatic rings. The molecule has 2 aliphatic carbocycles. The van der Waals surface area contributed by atoms with E-state index < -0.39 is 6.04 Å². The maximum absolute atomic E-state index is 13.3. The van der Waals surface area contributed by atoms with Crippen molar-refractivity contribution >= 4 is 23.4 Å². The van der Waals surface area contributed by atoms with E-state index >= 15 is 0 Å². The zero-order valence-corrected chi connectivity index (χ0v) is 21.1. The van der Waals surface area contributed by atoms with Crippen molar-refractivity contribution in [3.8, 4) is 0 Å². The van der Waals surface area contributed by atoms with Crippen molar-refractivity contribution in [1.82, 2.24) is 15.5 Å². The van der Waals surface area contributed by atoms with Gasteiger partial charge >= 0.3 is 0 Å². The summed E-state index contributed by atoms with van der Waals surface area (Å²) in [7, 11) is 0. The van der Waals surface area contributed by atoms with E-state index in [-0.39, 0.29) is 24.1 Å². The van der Waals surface area contributed by atoms with E-state index in [4.69, 9.17) is 0 Å². The fourth-order valence-electron chi connectivity index (χ4n) is 6.12. The number of rotatable bonds is 10. The lowest BCUT2D eigenvalue weighted by Crippen LogP contribution is -2.52. The molecule has 1 aromatic rings. The highest BCUT2D eigenvalue weighted by atomic mass is 16.2. The number of imide groups is 1. The standard InChI is InChI=1S/C28H40N4O3/c1-2-3-4-16-31(21-12-10-20(11-13-21)29-17-19-8-9-19)24-7-5-6-22-23(24)18-32(28(22)35)25-14-15-26(33)30-27(25)34/h5-7,19-21,25,29H,2-4,8-18H2,1H3,(H,30,33,34). The lowest BCUT2D eigenvalue weighted by molar-refractivity contribution is -0.136. The lowest BCUT2D eigenvalue weighted by atomic mass is 9.89. The highest BCUT2D eigenvalue weighted by Gasteiger charge is 2.41. The molecule has 2 N–H and O–H groups in total. The van der Waals surface area contributed by atoms with Gasteiger partial charge in [0.2, 0.25) is 11.8 Å². The molecule has 0 radical (unpaired) electrons. The predicted molar refractivity (Wildman–Crippen MR) is 136 cm³/mol. The van der Waals surface area contributed by atoms with E-state index in [0.717, 1.165) is 30.1 Å². The number of amides is 3. The Bertz CT molecular complexity index is 952. The summed E-state index contributed by atoms with van der Waals surface area (Å²) in [5.74, 6) is 0.231. The van der Waals surface area contributed by atoms with Crippen LogP contribution in [0.1, 0.15) is 93.5 Å². The van der Waals surface area contributed by atoms with Crippen molar-refractivity contribution in [2.75, 3.05) is 18.0 Å². The lowest BCUT2D eigenvalue weighted by Gasteiger charge is -2.40. The first kappa shape index (κ1) is 24.3. The third-order valence-corrected chi connectivity index (χ3v) is 8.40. The van der Waals surface area contributed by atoms with Crippen LogP contribution in [0.25, 0.3) is 0 Å². The van der Waals surface area contributed by atoms with Gasteiger partial charge in [0, 0.05) is 48.4 Å². The van der Waals surface area contributed by atoms with Crippen molar-refractivity contribution in [2.45, 2.75) is 102 Å². The molecule has 0 bridgehead atoms. The average Bonchev–Trinajstić information content (AvgIpc) is 3.63. The summed E-state index contributed by atoms with van der Waals surface area (Å²) in [6.45, 7) is 4.86. The summed E-state index contributed by atoms with van der Waals surface area (Å²) < 4.78 is 0. The van der Waals surface area contributed by atoms with Gasteiger partial charge in [-0.1, -0.05) is 25.8 Å². The maximum atomic E-state index is 13.3. The zero-order chi connectivity index (χ0) is 24.4. The van der Waals surface area contributed by atoms with Gasteiger partial charge in [0.1, 0.15) is 6.04 Å². The van der Waals surface area contributed by atoms with Crippen LogP contribution in [0.5, 0.6) is 0 Å². The minimum absolute atomic E-state index is 0.0853. The van der Waals surface area contributed by atoms with E-state index in [1.165, 1.54) is 57.9 Å². The maximum Gasteiger partial charge on any atom is 0.255 e. The number of nitrogens with one attached hydrogen (secondary N) is 2. The Hall–Kier alpha value is -2.41. The van der Waals surface area contributed by atoms with Gasteiger partial charge in [-0.15, -0.1) is 0 Å². The summed E-state index contributed by atoms with van der Waals surface area (Å²) >= 11 is 0. The molecule has 35 heavy (non-hydrogen) atoms. The first-order chi connectivity index (χ1) is 17.0. The summed E-state index contributed by atoms with van der Waals surface area (Å²) in [4.78, 5) is 41.7. The fraction of sp³-hybridized carbons (Fsp3) is 0.679. The number of nitrogens with zero attached hydrogens (tertiary/aromatic N) is 2. The molecule has 2 heterocycles. The molecule has 2 saturated carbocycles. The van der Waals surface area contributed by atoms with Crippen molar-refractivity contribution in [3.63, 3.8) is 0 Å². The molecule has 1 saturated heterocycles. The molecule has 3 amide bonds. The number of carbonyl (C=O) groups excluding carboxylic acids is 3. The Morgan fingerprint density at radius 3 is 2.54 bits per heavy atom. The van der Waals surface area contributed by atoms with Gasteiger partial charge in [0.25, 0.3) is 5.91 Å². The molecular formula is C28H40N4O3. The highest BCUT2D eigenvalue weighted by molar-refractivity contribution is 6.06. The van der Waals surface area contributed by atoms with E-state index in [0.29, 0.717) is 30.6 Å². The van der Waals surface area contributed by atoms with Crippen molar-refractivity contribution in [3.05, 3.63) is 29.3 Å². The molecule has 190 valence electrons. The van der Waals surface area contributed by atoms with Crippen molar-refractivity contribution in [1.29, 1.82) is 0 Å². The largest absolute Gasteiger partial charge is 0.368 e. The SMILES string of the molecule is CCCCCN(c1cccc2c1CN(C1CCC(=O)NC1=O)C2=O)C1CCC(NCC2CC2)CC1. The van der Waals surface area contributed by atoms with Crippen LogP contribution in [0.4, 0.5) is 5.69 Å². The number of carbonyl (C=O) groups is 3. The number of fused-ring (bicyclic) bond motifs is 1. The van der Waals surface area contributed by atoms with Crippen LogP contribution >= 0.6 is 0 Å². The summed E-state index contributed by atoms with van der Waals surface area (Å²) in [6, 6.07) is 6.62. The molecule has 7 nitrogen and oxygen atoms in total. The van der Waals surface area contributed by atoms with Gasteiger partial charge in [0.15, 0.2) is 0 Å². The van der Waals surface area contributed by atoms with Gasteiger partial charge in [-0.2, -0.15) is 0 Å². The van der Waals surface area contributed by atoms with Crippen molar-refractivity contribution < 1.29 is 14.4 Å². The highest BCUT2D eigenvalue weighted by Crippen LogP contribution is 2.37. The van der Waals surface area contributed by atoms with Crippen LogP contribution in [0.3, 0.4) is 0 Å². The molecule has 1 atom stereocenters. The topological polar surface area (TPSA) is 81.8 Å². The molecule has 0 spiro atoms. The molecule has 1 unspecified atom stereocenters. The number of hydrogen-bond donors (Lipinski definition) is 2. The number of piperidine rings is 1. The summed E-state index contributed by atoms with van der Waals surface area (Å²) in [5.41, 5.74) is 2.93. The minimum atomic E-state index is -0.568. The minimum Gasteiger partial charge on any atom is -0.368 e. The van der Waals surface area contributed by atoms with Crippen LogP contribution in [-0.2, 0) is 16.1 Å². The first-order valence-electron chi connectivity index (χ1n) is 13.8. The number of hydrogen-bond acceptors (Lipinski definition) is 5. The number of anilines is 1. The van der Waals surface area contributed by atoms with Crippen LogP contribution in [0.2, 0.25) is 0 Å². The van der Waals surface area contributed by atoms with E-state index in [1.54, 1.807) is 4.90 Å². The molecule has 2 aliphatic heterocycles. The Kier molecular flexibility index (Phi) is 7.42. The van der Waals surface area contributed by atoms with Crippen LogP contribution in [0.15, 0.2) is 18.2 Å². The second-order valence-corrected chi connectivity index (χ2v) is 11.0. The Morgan fingerprint density at radius 2 is 1.83 bits per heavy atom. The second kappa shape index (κ2) is 10.7. The Balaban J connectivity index is 1.32. The van der Waals surface area contributed by atoms with Gasteiger partial charge in [-0.05, 0) is 76.0 Å². The smallest absolute Gasteiger partial charge is 0.255 e. The van der Waals surface area contributed by atoms with Crippen LogP contribution < -0.4 is 15.5 Å². The van der Waals surface area contributed by atoms with Gasteiger partial charge in [0.05, 0.1) is 0 Å². The Morgan fingerprint density at radius 1 is 1.03 bits per heavy atom. The molecule has 5 rings (SSSR count). The third kappa shape index (κ3) is 5.40. The summed E-state index contributed by atoms with van der Waals surface area (Å²) in [5, 5.41) is 6.21. The number of unbranched alkanes of at least 4 members (excludes halogenated alkanes) is 2. The van der Waals surface area contributed by atoms with Gasteiger partial charge < -0.3 is 15.1 Å². The van der Waals surface area contributed by atoms with E-state index in [2.05, 4.69) is 28.5 Å². The van der Waals surface area contributed by atoms with Crippen molar-refractivity contribution in [2.24, 2.45) is 5.92 Å². The Labute approximate surface area is 209 Å². The quantitative estimate of drug-likeness (QED) is 0.394. The van der Waals surface area contributed by atoms with Gasteiger partial charge in [-0.25, -0.2) is 0 Å². The fourth-order valence-corrected chi connectivity index (χ4v) is 6.12.